The lowest BCUT2D eigenvalue weighted by Crippen LogP contribution is -2.16. The average molecular weight is 472 g/mol. The lowest BCUT2D eigenvalue weighted by atomic mass is 9.80. The lowest BCUT2D eigenvalue weighted by molar-refractivity contribution is 0.0695. The van der Waals surface area contributed by atoms with E-state index in [9.17, 15) is 20.1 Å². The van der Waals surface area contributed by atoms with E-state index in [1.165, 1.54) is 12.1 Å². The van der Waals surface area contributed by atoms with Crippen LogP contribution in [-0.2, 0) is 0 Å². The van der Waals surface area contributed by atoms with E-state index in [4.69, 9.17) is 51.1 Å². The summed E-state index contributed by atoms with van der Waals surface area (Å²) < 4.78 is 5.81. The predicted octanol–water partition coefficient (Wildman–Crippen LogP) is 6.70. The van der Waals surface area contributed by atoms with Gasteiger partial charge in [0.2, 0.25) is 0 Å². The standard InChI is InChI=1S/C20H10Cl4O5/c21-13-10(25)6-5-9-11(7-3-1-2-4-8(7)20(27)28)12-14(22)15(23)17(26)16(24)19(12)29-18(9)13/h1-6,11,25-26H,(H,27,28). The molecular formula is C20H10Cl4O5. The van der Waals surface area contributed by atoms with Gasteiger partial charge in [0, 0.05) is 17.0 Å². The predicted molar refractivity (Wildman–Crippen MR) is 111 cm³/mol. The van der Waals surface area contributed by atoms with Gasteiger partial charge in [-0.2, -0.15) is 0 Å². The summed E-state index contributed by atoms with van der Waals surface area (Å²) in [6.07, 6.45) is 0. The summed E-state index contributed by atoms with van der Waals surface area (Å²) >= 11 is 25.1. The third kappa shape index (κ3) is 2.97. The Morgan fingerprint density at radius 3 is 2.21 bits per heavy atom. The van der Waals surface area contributed by atoms with E-state index in [2.05, 4.69) is 0 Å². The number of hydrogen-bond acceptors (Lipinski definition) is 4. The summed E-state index contributed by atoms with van der Waals surface area (Å²) in [5, 5.41) is 29.4. The monoisotopic (exact) mass is 470 g/mol. The molecule has 3 N–H and O–H groups in total. The fourth-order valence-electron chi connectivity index (χ4n) is 3.42. The molecule has 0 amide bonds. The maximum Gasteiger partial charge on any atom is 0.335 e. The molecule has 1 unspecified atom stereocenters. The fourth-order valence-corrected chi connectivity index (χ4v) is 4.39. The molecule has 0 saturated heterocycles. The van der Waals surface area contributed by atoms with Gasteiger partial charge in [-0.05, 0) is 17.7 Å². The van der Waals surface area contributed by atoms with Crippen molar-refractivity contribution in [2.24, 2.45) is 0 Å². The largest absolute Gasteiger partial charge is 0.506 e. The average Bonchev–Trinajstić information content (AvgIpc) is 2.72. The van der Waals surface area contributed by atoms with Gasteiger partial charge in [-0.25, -0.2) is 4.79 Å². The van der Waals surface area contributed by atoms with Gasteiger partial charge in [0.1, 0.15) is 20.8 Å². The van der Waals surface area contributed by atoms with Crippen molar-refractivity contribution in [3.05, 3.63) is 78.7 Å². The van der Waals surface area contributed by atoms with Crippen LogP contribution in [0.4, 0.5) is 0 Å². The van der Waals surface area contributed by atoms with Crippen molar-refractivity contribution in [3.63, 3.8) is 0 Å². The number of benzene rings is 3. The van der Waals surface area contributed by atoms with Gasteiger partial charge in [0.15, 0.2) is 17.2 Å². The van der Waals surface area contributed by atoms with E-state index in [-0.39, 0.29) is 48.5 Å². The number of rotatable bonds is 2. The molecule has 0 saturated carbocycles. The van der Waals surface area contributed by atoms with Crippen molar-refractivity contribution in [1.82, 2.24) is 0 Å². The first-order valence-electron chi connectivity index (χ1n) is 8.14. The number of ether oxygens (including phenoxy) is 1. The molecule has 1 aliphatic heterocycles. The second-order valence-corrected chi connectivity index (χ2v) is 7.79. The third-order valence-corrected chi connectivity index (χ3v) is 6.28. The highest BCUT2D eigenvalue weighted by Crippen LogP contribution is 2.59. The first-order chi connectivity index (χ1) is 13.7. The molecule has 3 aromatic carbocycles. The Morgan fingerprint density at radius 2 is 1.52 bits per heavy atom. The normalized spacial score (nSPS) is 14.7. The van der Waals surface area contributed by atoms with Crippen LogP contribution >= 0.6 is 46.4 Å². The van der Waals surface area contributed by atoms with Crippen molar-refractivity contribution in [2.75, 3.05) is 0 Å². The second kappa shape index (κ2) is 7.18. The van der Waals surface area contributed by atoms with Crippen LogP contribution in [0.3, 0.4) is 0 Å². The number of phenolic OH excluding ortho intramolecular Hbond substituents is 2. The number of fused-ring (bicyclic) bond motifs is 2. The summed E-state index contributed by atoms with van der Waals surface area (Å²) in [6, 6.07) is 9.26. The maximum absolute atomic E-state index is 11.9. The maximum atomic E-state index is 11.9. The molecule has 29 heavy (non-hydrogen) atoms. The van der Waals surface area contributed by atoms with E-state index < -0.39 is 17.6 Å². The topological polar surface area (TPSA) is 87.0 Å². The molecule has 0 fully saturated rings. The molecular weight excluding hydrogens is 462 g/mol. The Balaban J connectivity index is 2.15. The van der Waals surface area contributed by atoms with Crippen molar-refractivity contribution in [1.29, 1.82) is 0 Å². The van der Waals surface area contributed by atoms with Gasteiger partial charge in [0.05, 0.1) is 10.6 Å². The molecule has 9 heteroatoms. The van der Waals surface area contributed by atoms with Crippen molar-refractivity contribution in [3.8, 4) is 23.0 Å². The first-order valence-corrected chi connectivity index (χ1v) is 9.66. The van der Waals surface area contributed by atoms with Crippen LogP contribution in [0, 0.1) is 0 Å². The fraction of sp³-hybridized carbons (Fsp3) is 0.0500. The van der Waals surface area contributed by atoms with Crippen LogP contribution in [0.25, 0.3) is 0 Å². The van der Waals surface area contributed by atoms with Gasteiger partial charge in [0.25, 0.3) is 0 Å². The minimum atomic E-state index is -1.15. The minimum absolute atomic E-state index is 0.0243. The quantitative estimate of drug-likeness (QED) is 0.283. The molecule has 0 aliphatic carbocycles. The zero-order valence-electron chi connectivity index (χ0n) is 14.2. The first kappa shape index (κ1) is 20.0. The number of hydrogen-bond donors (Lipinski definition) is 3. The van der Waals surface area contributed by atoms with Gasteiger partial charge < -0.3 is 20.1 Å². The summed E-state index contributed by atoms with van der Waals surface area (Å²) in [4.78, 5) is 11.9. The van der Waals surface area contributed by atoms with E-state index in [0.29, 0.717) is 11.1 Å². The van der Waals surface area contributed by atoms with Crippen LogP contribution in [0.15, 0.2) is 36.4 Å². The minimum Gasteiger partial charge on any atom is -0.506 e. The van der Waals surface area contributed by atoms with E-state index in [1.54, 1.807) is 24.3 Å². The number of carbonyl (C=O) groups is 1. The lowest BCUT2D eigenvalue weighted by Gasteiger charge is -2.32. The van der Waals surface area contributed by atoms with Gasteiger partial charge in [-0.1, -0.05) is 70.7 Å². The molecule has 0 radical (unpaired) electrons. The zero-order valence-corrected chi connectivity index (χ0v) is 17.2. The summed E-state index contributed by atoms with van der Waals surface area (Å²) in [7, 11) is 0. The Hall–Kier alpha value is -2.31. The van der Waals surface area contributed by atoms with E-state index >= 15 is 0 Å². The number of carboxylic acid groups (broad SMARTS) is 1. The number of carboxylic acids is 1. The summed E-state index contributed by atoms with van der Waals surface area (Å²) in [5.74, 6) is -2.61. The molecule has 1 heterocycles. The molecule has 1 atom stereocenters. The molecule has 5 nitrogen and oxygen atoms in total. The van der Waals surface area contributed by atoms with Crippen LogP contribution < -0.4 is 4.74 Å². The smallest absolute Gasteiger partial charge is 0.335 e. The van der Waals surface area contributed by atoms with Crippen LogP contribution in [0.2, 0.25) is 20.1 Å². The SMILES string of the molecule is O=C(O)c1ccccc1C1c2ccc(O)c(Cl)c2Oc2c(Cl)c(O)c(Cl)c(Cl)c21. The van der Waals surface area contributed by atoms with Gasteiger partial charge in [-0.3, -0.25) is 0 Å². The number of aromatic carboxylic acids is 1. The van der Waals surface area contributed by atoms with Gasteiger partial charge in [-0.15, -0.1) is 0 Å². The van der Waals surface area contributed by atoms with Gasteiger partial charge >= 0.3 is 5.97 Å². The van der Waals surface area contributed by atoms with E-state index in [1.807, 2.05) is 0 Å². The molecule has 0 bridgehead atoms. The third-order valence-electron chi connectivity index (χ3n) is 4.70. The van der Waals surface area contributed by atoms with E-state index in [0.717, 1.165) is 0 Å². The van der Waals surface area contributed by atoms with Crippen LogP contribution in [0.5, 0.6) is 23.0 Å². The van der Waals surface area contributed by atoms with Crippen molar-refractivity contribution >= 4 is 52.4 Å². The highest BCUT2D eigenvalue weighted by atomic mass is 35.5. The van der Waals surface area contributed by atoms with Crippen LogP contribution in [-0.4, -0.2) is 21.3 Å². The Kier molecular flexibility index (Phi) is 4.95. The number of phenols is 2. The highest BCUT2D eigenvalue weighted by Gasteiger charge is 2.38. The molecule has 148 valence electrons. The number of halogens is 4. The summed E-state index contributed by atoms with van der Waals surface area (Å²) in [6.45, 7) is 0. The molecule has 3 aromatic rings. The molecule has 0 spiro atoms. The summed E-state index contributed by atoms with van der Waals surface area (Å²) in [5.41, 5.74) is 1.14. The Labute approximate surface area is 184 Å². The highest BCUT2D eigenvalue weighted by molar-refractivity contribution is 6.46. The van der Waals surface area contributed by atoms with Crippen molar-refractivity contribution < 1.29 is 24.9 Å². The van der Waals surface area contributed by atoms with Crippen LogP contribution in [0.1, 0.15) is 33.0 Å². The Morgan fingerprint density at radius 1 is 0.828 bits per heavy atom. The zero-order chi connectivity index (χ0) is 21.0. The molecule has 0 aromatic heterocycles. The number of aromatic hydroxyl groups is 2. The second-order valence-electron chi connectivity index (χ2n) is 6.28. The van der Waals surface area contributed by atoms with Crippen molar-refractivity contribution in [2.45, 2.75) is 5.92 Å². The molecule has 4 rings (SSSR count). The Bertz CT molecular complexity index is 1190. The molecule has 1 aliphatic rings.